The van der Waals surface area contributed by atoms with Gasteiger partial charge in [-0.05, 0) is 39.8 Å². The second kappa shape index (κ2) is 10.3. The van der Waals surface area contributed by atoms with Gasteiger partial charge >= 0.3 is 5.97 Å². The lowest BCUT2D eigenvalue weighted by molar-refractivity contribution is -0.153. The van der Waals surface area contributed by atoms with E-state index in [2.05, 4.69) is 20.6 Å². The van der Waals surface area contributed by atoms with Crippen LogP contribution in [-0.2, 0) is 16.1 Å². The van der Waals surface area contributed by atoms with E-state index in [0.717, 1.165) is 11.3 Å². The molecule has 2 rings (SSSR count). The lowest BCUT2D eigenvalue weighted by Crippen LogP contribution is -2.41. The van der Waals surface area contributed by atoms with E-state index in [0.29, 0.717) is 18.4 Å². The zero-order valence-corrected chi connectivity index (χ0v) is 18.7. The summed E-state index contributed by atoms with van der Waals surface area (Å²) in [6, 6.07) is 7.97. The number of esters is 1. The Bertz CT molecular complexity index is 764. The topological polar surface area (TPSA) is 88.8 Å². The molecule has 0 spiro atoms. The van der Waals surface area contributed by atoms with Crippen LogP contribution in [0.1, 0.15) is 32.0 Å². The number of hydrogen-bond donors (Lipinski definition) is 2. The standard InChI is InChI=1S/C19H26N4O3.HI/c1-13-6-8-14(9-7-13)17-23-15(12-25-17)10-21-18(20-5)22-11-16(24)26-19(2,3)4;/h6-9,12H,10-11H2,1-5H3,(H2,20,21,22);1H. The maximum atomic E-state index is 11.7. The van der Waals surface area contributed by atoms with Crippen LogP contribution >= 0.6 is 24.0 Å². The van der Waals surface area contributed by atoms with Crippen molar-refractivity contribution in [1.82, 2.24) is 15.6 Å². The van der Waals surface area contributed by atoms with Crippen molar-refractivity contribution in [3.63, 3.8) is 0 Å². The molecule has 148 valence electrons. The lowest BCUT2D eigenvalue weighted by atomic mass is 10.1. The Balaban J connectivity index is 0.00000364. The fourth-order valence-corrected chi connectivity index (χ4v) is 2.15. The van der Waals surface area contributed by atoms with Gasteiger partial charge in [-0.3, -0.25) is 9.79 Å². The minimum atomic E-state index is -0.511. The Morgan fingerprint density at radius 2 is 1.89 bits per heavy atom. The molecule has 0 fully saturated rings. The van der Waals surface area contributed by atoms with Gasteiger partial charge in [-0.15, -0.1) is 24.0 Å². The molecule has 0 saturated heterocycles. The molecule has 0 radical (unpaired) electrons. The number of halogens is 1. The average molecular weight is 486 g/mol. The highest BCUT2D eigenvalue weighted by Gasteiger charge is 2.16. The predicted molar refractivity (Wildman–Crippen MR) is 116 cm³/mol. The van der Waals surface area contributed by atoms with Crippen molar-refractivity contribution >= 4 is 35.9 Å². The number of benzene rings is 1. The first kappa shape index (κ1) is 22.9. The summed E-state index contributed by atoms with van der Waals surface area (Å²) >= 11 is 0. The van der Waals surface area contributed by atoms with Gasteiger partial charge in [-0.1, -0.05) is 17.7 Å². The summed E-state index contributed by atoms with van der Waals surface area (Å²) in [5, 5.41) is 6.00. The number of guanidine groups is 1. The molecule has 1 heterocycles. The highest BCUT2D eigenvalue weighted by Crippen LogP contribution is 2.18. The van der Waals surface area contributed by atoms with Crippen LogP contribution in [0.3, 0.4) is 0 Å². The van der Waals surface area contributed by atoms with Crippen LogP contribution in [0.2, 0.25) is 0 Å². The van der Waals surface area contributed by atoms with Crippen LogP contribution in [0.15, 0.2) is 39.9 Å². The van der Waals surface area contributed by atoms with Crippen LogP contribution < -0.4 is 10.6 Å². The van der Waals surface area contributed by atoms with Gasteiger partial charge in [-0.25, -0.2) is 4.98 Å². The van der Waals surface area contributed by atoms with Crippen molar-refractivity contribution in [3.05, 3.63) is 41.8 Å². The zero-order chi connectivity index (χ0) is 19.2. The smallest absolute Gasteiger partial charge is 0.325 e. The van der Waals surface area contributed by atoms with Gasteiger partial charge in [0.05, 0.1) is 12.2 Å². The average Bonchev–Trinajstić information content (AvgIpc) is 3.03. The molecule has 0 amide bonds. The Morgan fingerprint density at radius 1 is 1.22 bits per heavy atom. The summed E-state index contributed by atoms with van der Waals surface area (Å²) < 4.78 is 10.8. The molecule has 8 heteroatoms. The maximum absolute atomic E-state index is 11.7. The molecule has 7 nitrogen and oxygen atoms in total. The molecule has 0 aliphatic rings. The van der Waals surface area contributed by atoms with Crippen molar-refractivity contribution in [2.75, 3.05) is 13.6 Å². The molecular formula is C19H27IN4O3. The molecule has 0 bridgehead atoms. The number of aromatic nitrogens is 1. The third-order valence-electron chi connectivity index (χ3n) is 3.33. The van der Waals surface area contributed by atoms with E-state index in [-0.39, 0.29) is 36.5 Å². The third-order valence-corrected chi connectivity index (χ3v) is 3.33. The molecule has 0 atom stereocenters. The van der Waals surface area contributed by atoms with Gasteiger partial charge in [0.25, 0.3) is 0 Å². The van der Waals surface area contributed by atoms with Crippen molar-refractivity contribution in [1.29, 1.82) is 0 Å². The molecule has 0 aliphatic carbocycles. The maximum Gasteiger partial charge on any atom is 0.325 e. The highest BCUT2D eigenvalue weighted by molar-refractivity contribution is 14.0. The predicted octanol–water partition coefficient (Wildman–Crippen LogP) is 3.27. The van der Waals surface area contributed by atoms with Crippen molar-refractivity contribution in [2.24, 2.45) is 4.99 Å². The van der Waals surface area contributed by atoms with Crippen LogP contribution in [0.25, 0.3) is 11.5 Å². The number of carbonyl (C=O) groups excluding carboxylic acids is 1. The Hall–Kier alpha value is -2.10. The van der Waals surface area contributed by atoms with E-state index in [9.17, 15) is 4.79 Å². The van der Waals surface area contributed by atoms with Gasteiger partial charge in [0.15, 0.2) is 5.96 Å². The van der Waals surface area contributed by atoms with Crippen LogP contribution in [0, 0.1) is 6.92 Å². The Kier molecular flexibility index (Phi) is 8.74. The summed E-state index contributed by atoms with van der Waals surface area (Å²) in [6.07, 6.45) is 1.60. The van der Waals surface area contributed by atoms with Crippen molar-refractivity contribution < 1.29 is 13.9 Å². The van der Waals surface area contributed by atoms with Crippen LogP contribution in [-0.4, -0.2) is 36.1 Å². The monoisotopic (exact) mass is 486 g/mol. The van der Waals surface area contributed by atoms with E-state index in [4.69, 9.17) is 9.15 Å². The second-order valence-corrected chi connectivity index (χ2v) is 6.88. The number of nitrogens with zero attached hydrogens (tertiary/aromatic N) is 2. The fourth-order valence-electron chi connectivity index (χ4n) is 2.15. The molecule has 1 aromatic heterocycles. The van der Waals surface area contributed by atoms with Crippen LogP contribution in [0.5, 0.6) is 0 Å². The number of aliphatic imine (C=N–C) groups is 1. The minimum absolute atomic E-state index is 0. The summed E-state index contributed by atoms with van der Waals surface area (Å²) in [7, 11) is 1.63. The van der Waals surface area contributed by atoms with Gasteiger partial charge in [0, 0.05) is 12.6 Å². The quantitative estimate of drug-likeness (QED) is 0.292. The number of nitrogens with one attached hydrogen (secondary N) is 2. The molecule has 1 aromatic carbocycles. The molecule has 0 unspecified atom stereocenters. The summed E-state index contributed by atoms with van der Waals surface area (Å²) in [5.74, 6) is 0.706. The molecule has 0 saturated carbocycles. The van der Waals surface area contributed by atoms with Crippen molar-refractivity contribution in [2.45, 2.75) is 39.8 Å². The van der Waals surface area contributed by atoms with Crippen molar-refractivity contribution in [3.8, 4) is 11.5 Å². The SMILES string of the molecule is CN=C(NCC(=O)OC(C)(C)C)NCc1coc(-c2ccc(C)cc2)n1.I. The fraction of sp³-hybridized carbons (Fsp3) is 0.421. The van der Waals surface area contributed by atoms with Gasteiger partial charge in [0.2, 0.25) is 5.89 Å². The Morgan fingerprint density at radius 3 is 2.48 bits per heavy atom. The van der Waals surface area contributed by atoms with Gasteiger partial charge in [0.1, 0.15) is 18.4 Å². The highest BCUT2D eigenvalue weighted by atomic mass is 127. The number of rotatable bonds is 5. The van der Waals surface area contributed by atoms with Crippen LogP contribution in [0.4, 0.5) is 0 Å². The van der Waals surface area contributed by atoms with E-state index in [1.165, 1.54) is 5.56 Å². The number of aryl methyl sites for hydroxylation is 1. The molecule has 27 heavy (non-hydrogen) atoms. The van der Waals surface area contributed by atoms with E-state index < -0.39 is 5.60 Å². The first-order chi connectivity index (χ1) is 12.3. The summed E-state index contributed by atoms with van der Waals surface area (Å²) in [6.45, 7) is 7.97. The summed E-state index contributed by atoms with van der Waals surface area (Å²) in [5.41, 5.74) is 2.33. The molecule has 2 N–H and O–H groups in total. The normalized spacial score (nSPS) is 11.5. The summed E-state index contributed by atoms with van der Waals surface area (Å²) in [4.78, 5) is 20.3. The number of hydrogen-bond acceptors (Lipinski definition) is 5. The first-order valence-corrected chi connectivity index (χ1v) is 8.44. The first-order valence-electron chi connectivity index (χ1n) is 8.44. The number of ether oxygens (including phenoxy) is 1. The zero-order valence-electron chi connectivity index (χ0n) is 16.3. The lowest BCUT2D eigenvalue weighted by Gasteiger charge is -2.20. The molecular weight excluding hydrogens is 459 g/mol. The van der Waals surface area contributed by atoms with E-state index >= 15 is 0 Å². The molecule has 0 aliphatic heterocycles. The largest absolute Gasteiger partial charge is 0.459 e. The number of oxazole rings is 1. The van der Waals surface area contributed by atoms with E-state index in [1.54, 1.807) is 13.3 Å². The molecule has 2 aromatic rings. The van der Waals surface area contributed by atoms with E-state index in [1.807, 2.05) is 52.0 Å². The third kappa shape index (κ3) is 7.98. The Labute approximate surface area is 177 Å². The second-order valence-electron chi connectivity index (χ2n) is 6.88. The minimum Gasteiger partial charge on any atom is -0.459 e. The van der Waals surface area contributed by atoms with Gasteiger partial charge in [-0.2, -0.15) is 0 Å². The van der Waals surface area contributed by atoms with Gasteiger partial charge < -0.3 is 19.8 Å². The number of carbonyl (C=O) groups is 1.